The maximum atomic E-state index is 8.38. The molecule has 0 saturated carbocycles. The average Bonchev–Trinajstić information content (AvgIpc) is 1.50. The maximum absolute atomic E-state index is 8.38. The summed E-state index contributed by atoms with van der Waals surface area (Å²) in [6.07, 6.45) is 0. The second kappa shape index (κ2) is 20.1. The Kier molecular flexibility index (Phi) is 47.1. The van der Waals surface area contributed by atoms with E-state index in [9.17, 15) is 0 Å². The minimum atomic E-state index is 0.100. The molecule has 0 aliphatic rings. The molecule has 0 aliphatic carbocycles. The van der Waals surface area contributed by atoms with Crippen LogP contribution in [0.15, 0.2) is 0 Å². The van der Waals surface area contributed by atoms with Crippen LogP contribution in [0.2, 0.25) is 0 Å². The summed E-state index contributed by atoms with van der Waals surface area (Å²) in [7, 11) is 0. The van der Waals surface area contributed by atoms with E-state index in [1.54, 1.807) is 0 Å². The van der Waals surface area contributed by atoms with E-state index >= 15 is 0 Å². The normalized spacial score (nSPS) is 3.00. The Hall–Kier alpha value is 1.98. The third-order valence-electron chi connectivity index (χ3n) is 0. The van der Waals surface area contributed by atoms with Crippen molar-refractivity contribution in [3.63, 3.8) is 0 Å². The molecule has 0 aliphatic heterocycles. The number of hydrogen-bond donors (Lipinski definition) is 0. The van der Waals surface area contributed by atoms with Gasteiger partial charge in [0, 0.05) is 0 Å². The zero-order valence-electron chi connectivity index (χ0n) is 1.71. The first kappa shape index (κ1) is 9.36. The van der Waals surface area contributed by atoms with Gasteiger partial charge in [0.2, 0.25) is 0 Å². The zero-order valence-corrected chi connectivity index (χ0v) is 6.58. The van der Waals surface area contributed by atoms with Crippen molar-refractivity contribution in [1.82, 2.24) is 0 Å². The summed E-state index contributed by atoms with van der Waals surface area (Å²) in [4.78, 5) is 0. The summed E-state index contributed by atoms with van der Waals surface area (Å²) in [5, 5.41) is 0. The van der Waals surface area contributed by atoms with Gasteiger partial charge >= 0.3 is 70.7 Å². The third kappa shape index (κ3) is 9.02. The van der Waals surface area contributed by atoms with Crippen LogP contribution in [-0.2, 0) is 34.4 Å². The molecule has 0 saturated heterocycles. The molecule has 2 nitrogen and oxygen atoms in total. The van der Waals surface area contributed by atoms with Crippen molar-refractivity contribution in [3.05, 3.63) is 0 Å². The molecule has 0 rings (SSSR count). The Balaban J connectivity index is 0. The summed E-state index contributed by atoms with van der Waals surface area (Å²) in [6, 6.07) is 0. The summed E-state index contributed by atoms with van der Waals surface area (Å²) >= 11 is 0.989. The first-order valence-electron chi connectivity index (χ1n) is 0.365. The van der Waals surface area contributed by atoms with Gasteiger partial charge in [-0.1, -0.05) is 0 Å². The van der Waals surface area contributed by atoms with E-state index in [1.165, 1.54) is 0 Å². The molecular formula is DyO2Y. The predicted molar refractivity (Wildman–Crippen MR) is 1.37 cm³/mol. The monoisotopic (exact) mass is 285 g/mol. The van der Waals surface area contributed by atoms with E-state index in [-0.39, 0.29) is 31.0 Å². The molecule has 0 aromatic heterocycles. The van der Waals surface area contributed by atoms with Crippen molar-refractivity contribution in [3.8, 4) is 0 Å². The molecule has 4 heteroatoms. The van der Waals surface area contributed by atoms with Gasteiger partial charge in [0.1, 0.15) is 0 Å². The predicted octanol–water partition coefficient (Wildman–Crippen LogP) is -0.240. The van der Waals surface area contributed by atoms with Gasteiger partial charge in [-0.05, 0) is 0 Å². The number of rotatable bonds is 0. The molecule has 0 aromatic rings. The Morgan fingerprint density at radius 3 is 1.25 bits per heavy atom. The van der Waals surface area contributed by atoms with Gasteiger partial charge in [0.15, 0.2) is 0 Å². The number of hydrogen-bond acceptors (Lipinski definition) is 2. The average molecular weight is 283 g/mol. The van der Waals surface area contributed by atoms with Gasteiger partial charge in [-0.2, -0.15) is 0 Å². The Morgan fingerprint density at radius 1 is 1.25 bits per heavy atom. The van der Waals surface area contributed by atoms with Crippen LogP contribution >= 0.6 is 0 Å². The van der Waals surface area contributed by atoms with Crippen LogP contribution in [0, 0.1) is 36.3 Å². The molecule has 0 amide bonds. The van der Waals surface area contributed by atoms with Crippen LogP contribution in [0.4, 0.5) is 0 Å². The van der Waals surface area contributed by atoms with Crippen molar-refractivity contribution in [1.29, 1.82) is 0 Å². The zero-order chi connectivity index (χ0) is 4.00. The first-order valence-corrected chi connectivity index (χ1v) is 2.35. The van der Waals surface area contributed by atoms with Gasteiger partial charge < -0.3 is 0 Å². The summed E-state index contributed by atoms with van der Waals surface area (Å²) in [5.41, 5.74) is 0. The second-order valence-electron chi connectivity index (χ2n) is 0. The Bertz CT molecular complexity index is 8.00. The molecule has 0 bridgehead atoms. The van der Waals surface area contributed by atoms with Gasteiger partial charge in [-0.15, -0.1) is 0 Å². The van der Waals surface area contributed by atoms with Gasteiger partial charge in [-0.25, -0.2) is 0 Å². The summed E-state index contributed by atoms with van der Waals surface area (Å²) < 4.78 is 16.6. The van der Waals surface area contributed by atoms with Gasteiger partial charge in [0.25, 0.3) is 0 Å². The van der Waals surface area contributed by atoms with E-state index in [4.69, 9.17) is 3.42 Å². The summed E-state index contributed by atoms with van der Waals surface area (Å²) in [6.45, 7) is 0. The molecule has 0 spiro atoms. The van der Waals surface area contributed by atoms with Crippen molar-refractivity contribution in [2.75, 3.05) is 0 Å². The summed E-state index contributed by atoms with van der Waals surface area (Å²) in [5.74, 6) is 0. The fraction of sp³-hybridized carbons (Fsp3) is 0. The van der Waals surface area contributed by atoms with Crippen LogP contribution in [0.25, 0.3) is 0 Å². The Morgan fingerprint density at radius 2 is 1.25 bits per heavy atom. The van der Waals surface area contributed by atoms with Crippen molar-refractivity contribution < 1.29 is 70.7 Å². The first-order chi connectivity index (χ1) is 2.00. The van der Waals surface area contributed by atoms with Gasteiger partial charge in [-0.3, -0.25) is 0 Å². The molecule has 0 atom stereocenters. The quantitative estimate of drug-likeness (QED) is 0.615. The van der Waals surface area contributed by atoms with E-state index in [0.29, 0.717) is 0 Å². The van der Waals surface area contributed by atoms with Crippen LogP contribution in [0.1, 0.15) is 0 Å². The molecular weight excluding hydrogens is 283 g/mol. The van der Waals surface area contributed by atoms with Crippen LogP contribution in [-0.4, -0.2) is 0 Å². The fourth-order valence-corrected chi connectivity index (χ4v) is 0. The molecule has 0 unspecified atom stereocenters. The van der Waals surface area contributed by atoms with Gasteiger partial charge in [0.05, 0.1) is 0 Å². The van der Waals surface area contributed by atoms with E-state index in [1.807, 2.05) is 0 Å². The third-order valence-corrected chi connectivity index (χ3v) is 0. The molecule has 25 valence electrons. The standard InChI is InChI=1S/Dy.2O.Y. The fourth-order valence-electron chi connectivity index (χ4n) is 0. The van der Waals surface area contributed by atoms with E-state index in [0.717, 1.165) is 36.3 Å². The molecule has 0 aromatic carbocycles. The van der Waals surface area contributed by atoms with Crippen molar-refractivity contribution >= 4 is 0 Å². The SMILES string of the molecule is [O]=[Dy].[O]=[Y]. The molecule has 4 heavy (non-hydrogen) atoms. The van der Waals surface area contributed by atoms with Crippen LogP contribution in [0.3, 0.4) is 0 Å². The molecule has 0 fully saturated rings. The van der Waals surface area contributed by atoms with E-state index in [2.05, 4.69) is 0 Å². The van der Waals surface area contributed by atoms with Crippen molar-refractivity contribution in [2.45, 2.75) is 0 Å². The Labute approximate surface area is 69.1 Å². The van der Waals surface area contributed by atoms with Crippen molar-refractivity contribution in [2.24, 2.45) is 0 Å². The second-order valence-corrected chi connectivity index (χ2v) is 0. The molecule has 0 radical (unpaired) electrons. The van der Waals surface area contributed by atoms with Crippen LogP contribution in [0.5, 0.6) is 0 Å². The molecule has 0 heterocycles. The van der Waals surface area contributed by atoms with Crippen LogP contribution < -0.4 is 0 Å². The minimum absolute atomic E-state index is 0.100. The van der Waals surface area contributed by atoms with E-state index < -0.39 is 0 Å². The molecule has 0 N–H and O–H groups in total. The topological polar surface area (TPSA) is 34.1 Å².